The third kappa shape index (κ3) is 3.85. The van der Waals surface area contributed by atoms with Gasteiger partial charge in [-0.05, 0) is 19.1 Å². The first-order valence-electron chi connectivity index (χ1n) is 6.92. The molecule has 1 N–H and O–H groups in total. The molecule has 1 heterocycles. The van der Waals surface area contributed by atoms with Crippen molar-refractivity contribution >= 4 is 17.4 Å². The van der Waals surface area contributed by atoms with Gasteiger partial charge in [0, 0.05) is 34.8 Å². The summed E-state index contributed by atoms with van der Waals surface area (Å²) in [6.07, 6.45) is 0. The molecule has 1 aromatic carbocycles. The van der Waals surface area contributed by atoms with E-state index in [1.54, 1.807) is 7.11 Å². The molecule has 5 heteroatoms. The molecule has 0 amide bonds. The van der Waals surface area contributed by atoms with E-state index in [0.29, 0.717) is 17.5 Å². The summed E-state index contributed by atoms with van der Waals surface area (Å²) in [7, 11) is 1.64. The van der Waals surface area contributed by atoms with Gasteiger partial charge in [0.25, 0.3) is 0 Å². The number of anilines is 1. The third-order valence-electron chi connectivity index (χ3n) is 3.13. The van der Waals surface area contributed by atoms with E-state index < -0.39 is 0 Å². The van der Waals surface area contributed by atoms with Crippen molar-refractivity contribution in [3.63, 3.8) is 0 Å². The molecule has 0 unspecified atom stereocenters. The molecule has 21 heavy (non-hydrogen) atoms. The fourth-order valence-corrected chi connectivity index (χ4v) is 2.25. The van der Waals surface area contributed by atoms with E-state index in [0.717, 1.165) is 28.6 Å². The van der Waals surface area contributed by atoms with Crippen LogP contribution in [-0.2, 0) is 6.54 Å². The van der Waals surface area contributed by atoms with Gasteiger partial charge >= 0.3 is 0 Å². The van der Waals surface area contributed by atoms with Crippen LogP contribution in [0.1, 0.15) is 36.8 Å². The van der Waals surface area contributed by atoms with E-state index in [1.165, 1.54) is 0 Å². The summed E-state index contributed by atoms with van der Waals surface area (Å²) < 4.78 is 5.34. The molecular weight excluding hydrogens is 286 g/mol. The van der Waals surface area contributed by atoms with Crippen LogP contribution in [0.4, 0.5) is 5.82 Å². The minimum atomic E-state index is 0.292. The van der Waals surface area contributed by atoms with Gasteiger partial charge in [-0.25, -0.2) is 9.97 Å². The second kappa shape index (κ2) is 6.76. The zero-order valence-corrected chi connectivity index (χ0v) is 13.5. The smallest absolute Gasteiger partial charge is 0.133 e. The topological polar surface area (TPSA) is 47.0 Å². The Morgan fingerprint density at radius 3 is 2.71 bits per heavy atom. The van der Waals surface area contributed by atoms with Crippen LogP contribution < -0.4 is 10.1 Å². The molecule has 0 bridgehead atoms. The van der Waals surface area contributed by atoms with E-state index in [9.17, 15) is 0 Å². The fourth-order valence-electron chi connectivity index (χ4n) is 2.02. The molecule has 4 nitrogen and oxygen atoms in total. The highest BCUT2D eigenvalue weighted by atomic mass is 35.5. The van der Waals surface area contributed by atoms with Crippen LogP contribution in [0.25, 0.3) is 0 Å². The van der Waals surface area contributed by atoms with E-state index in [1.807, 2.05) is 31.2 Å². The quantitative estimate of drug-likeness (QED) is 0.900. The van der Waals surface area contributed by atoms with E-state index in [4.69, 9.17) is 16.3 Å². The Morgan fingerprint density at radius 1 is 1.29 bits per heavy atom. The molecule has 2 aromatic rings. The maximum absolute atomic E-state index is 6.23. The molecule has 0 aliphatic carbocycles. The number of methoxy groups -OCH3 is 1. The van der Waals surface area contributed by atoms with Crippen LogP contribution in [0.2, 0.25) is 5.02 Å². The maximum atomic E-state index is 6.23. The molecule has 0 aliphatic rings. The van der Waals surface area contributed by atoms with Gasteiger partial charge in [-0.2, -0.15) is 0 Å². The highest BCUT2D eigenvalue weighted by Gasteiger charge is 2.09. The lowest BCUT2D eigenvalue weighted by Gasteiger charge is -2.13. The molecule has 0 spiro atoms. The minimum Gasteiger partial charge on any atom is -0.496 e. The van der Waals surface area contributed by atoms with Crippen LogP contribution in [0.3, 0.4) is 0 Å². The third-order valence-corrected chi connectivity index (χ3v) is 3.48. The Kier molecular flexibility index (Phi) is 5.02. The maximum Gasteiger partial charge on any atom is 0.133 e. The predicted molar refractivity (Wildman–Crippen MR) is 86.2 cm³/mol. The van der Waals surface area contributed by atoms with Crippen molar-refractivity contribution in [1.29, 1.82) is 0 Å². The normalized spacial score (nSPS) is 10.8. The molecule has 0 fully saturated rings. The van der Waals surface area contributed by atoms with Gasteiger partial charge in [0.1, 0.15) is 17.4 Å². The van der Waals surface area contributed by atoms with Crippen molar-refractivity contribution in [2.45, 2.75) is 33.2 Å². The van der Waals surface area contributed by atoms with Crippen LogP contribution in [0, 0.1) is 6.92 Å². The van der Waals surface area contributed by atoms with E-state index >= 15 is 0 Å². The zero-order chi connectivity index (χ0) is 15.4. The average Bonchev–Trinajstić information content (AvgIpc) is 2.45. The average molecular weight is 306 g/mol. The Morgan fingerprint density at radius 2 is 2.05 bits per heavy atom. The van der Waals surface area contributed by atoms with Crippen molar-refractivity contribution in [1.82, 2.24) is 9.97 Å². The molecule has 0 atom stereocenters. The fraction of sp³-hybridized carbons (Fsp3) is 0.375. The van der Waals surface area contributed by atoms with Gasteiger partial charge in [0.05, 0.1) is 7.11 Å². The van der Waals surface area contributed by atoms with Crippen molar-refractivity contribution in [3.05, 3.63) is 46.4 Å². The molecule has 0 aliphatic heterocycles. The minimum absolute atomic E-state index is 0.292. The predicted octanol–water partition coefficient (Wildman–Crippen LogP) is 4.18. The zero-order valence-electron chi connectivity index (χ0n) is 12.8. The first-order chi connectivity index (χ1) is 10.0. The van der Waals surface area contributed by atoms with Crippen molar-refractivity contribution in [2.24, 2.45) is 0 Å². The van der Waals surface area contributed by atoms with E-state index in [2.05, 4.69) is 29.1 Å². The molecule has 112 valence electrons. The highest BCUT2D eigenvalue weighted by Crippen LogP contribution is 2.27. The number of halogens is 1. The van der Waals surface area contributed by atoms with Crippen LogP contribution >= 0.6 is 11.6 Å². The SMILES string of the molecule is COc1cccc(Cl)c1CNc1cc(C)nc(C(C)C)n1. The highest BCUT2D eigenvalue weighted by molar-refractivity contribution is 6.31. The summed E-state index contributed by atoms with van der Waals surface area (Å²) in [6.45, 7) is 6.68. The van der Waals surface area contributed by atoms with Gasteiger partial charge in [-0.3, -0.25) is 0 Å². The summed E-state index contributed by atoms with van der Waals surface area (Å²) in [6, 6.07) is 7.55. The monoisotopic (exact) mass is 305 g/mol. The lowest BCUT2D eigenvalue weighted by Crippen LogP contribution is -2.07. The molecule has 2 rings (SSSR count). The van der Waals surface area contributed by atoms with E-state index in [-0.39, 0.29) is 0 Å². The van der Waals surface area contributed by atoms with Crippen LogP contribution in [-0.4, -0.2) is 17.1 Å². The first kappa shape index (κ1) is 15.6. The number of ether oxygens (including phenoxy) is 1. The lowest BCUT2D eigenvalue weighted by atomic mass is 10.2. The second-order valence-electron chi connectivity index (χ2n) is 5.18. The molecule has 0 radical (unpaired) electrons. The summed E-state index contributed by atoms with van der Waals surface area (Å²) >= 11 is 6.23. The number of hydrogen-bond acceptors (Lipinski definition) is 4. The number of hydrogen-bond donors (Lipinski definition) is 1. The second-order valence-corrected chi connectivity index (χ2v) is 5.59. The van der Waals surface area contributed by atoms with Gasteiger partial charge < -0.3 is 10.1 Å². The Labute approximate surface area is 130 Å². The van der Waals surface area contributed by atoms with Gasteiger partial charge in [-0.1, -0.05) is 31.5 Å². The van der Waals surface area contributed by atoms with Crippen molar-refractivity contribution in [2.75, 3.05) is 12.4 Å². The van der Waals surface area contributed by atoms with Gasteiger partial charge in [0.2, 0.25) is 0 Å². The lowest BCUT2D eigenvalue weighted by molar-refractivity contribution is 0.410. The van der Waals surface area contributed by atoms with Crippen molar-refractivity contribution < 1.29 is 4.74 Å². The summed E-state index contributed by atoms with van der Waals surface area (Å²) in [5.41, 5.74) is 1.87. The number of nitrogens with one attached hydrogen (secondary N) is 1. The summed E-state index contributed by atoms with van der Waals surface area (Å²) in [4.78, 5) is 8.96. The first-order valence-corrected chi connectivity index (χ1v) is 7.30. The van der Waals surface area contributed by atoms with Crippen LogP contribution in [0.5, 0.6) is 5.75 Å². The summed E-state index contributed by atoms with van der Waals surface area (Å²) in [5.74, 6) is 2.70. The number of nitrogens with zero attached hydrogens (tertiary/aromatic N) is 2. The number of aromatic nitrogens is 2. The summed E-state index contributed by atoms with van der Waals surface area (Å²) in [5, 5.41) is 3.97. The molecular formula is C16H20ClN3O. The van der Waals surface area contributed by atoms with Crippen molar-refractivity contribution in [3.8, 4) is 5.75 Å². The molecule has 0 saturated heterocycles. The Hall–Kier alpha value is -1.81. The van der Waals surface area contributed by atoms with Gasteiger partial charge in [0.15, 0.2) is 0 Å². The van der Waals surface area contributed by atoms with Crippen LogP contribution in [0.15, 0.2) is 24.3 Å². The van der Waals surface area contributed by atoms with Gasteiger partial charge in [-0.15, -0.1) is 0 Å². The largest absolute Gasteiger partial charge is 0.496 e. The Bertz CT molecular complexity index is 629. The molecule has 0 saturated carbocycles. The Balaban J connectivity index is 2.21. The number of aryl methyl sites for hydroxylation is 1. The standard InChI is InChI=1S/C16H20ClN3O/c1-10(2)16-19-11(3)8-15(20-16)18-9-12-13(17)6-5-7-14(12)21-4/h5-8,10H,9H2,1-4H3,(H,18,19,20). The number of rotatable bonds is 5. The molecule has 1 aromatic heterocycles. The number of benzene rings is 1.